The summed E-state index contributed by atoms with van der Waals surface area (Å²) in [5, 5.41) is 19.8. The molecule has 2 atom stereocenters. The number of carboxylic acids is 1. The standard InChI is InChI=1S/C22H26N4O6/c27-13-16(10-21(30)31)25-20(29)12-24-19-9-5-4-8-18(19)23-11-17(14-28)26-22(32)15-6-2-1-3-7-15/h1-4,6-8,13-14,16-17,23-24H,5,9-12H2,(H,25,29)(H,26,32)(H,30,31)/t16-,17-/m0/s1. The van der Waals surface area contributed by atoms with Gasteiger partial charge in [0.2, 0.25) is 5.91 Å². The Balaban J connectivity index is 1.91. The van der Waals surface area contributed by atoms with E-state index < -0.39 is 30.4 Å². The average Bonchev–Trinajstić information content (AvgIpc) is 2.80. The van der Waals surface area contributed by atoms with Gasteiger partial charge in [0.1, 0.15) is 18.6 Å². The molecule has 32 heavy (non-hydrogen) atoms. The number of hydrogen-bond donors (Lipinski definition) is 5. The summed E-state index contributed by atoms with van der Waals surface area (Å²) in [6.07, 6.45) is 5.63. The molecular formula is C22H26N4O6. The van der Waals surface area contributed by atoms with Gasteiger partial charge in [-0.3, -0.25) is 14.4 Å². The second kappa shape index (κ2) is 12.7. The zero-order valence-electron chi connectivity index (χ0n) is 17.4. The van der Waals surface area contributed by atoms with Crippen molar-refractivity contribution in [3.8, 4) is 0 Å². The van der Waals surface area contributed by atoms with Gasteiger partial charge >= 0.3 is 5.97 Å². The third-order valence-electron chi connectivity index (χ3n) is 4.57. The van der Waals surface area contributed by atoms with E-state index >= 15 is 0 Å². The molecule has 1 aromatic carbocycles. The Morgan fingerprint density at radius 2 is 1.72 bits per heavy atom. The van der Waals surface area contributed by atoms with Gasteiger partial charge < -0.3 is 36.0 Å². The smallest absolute Gasteiger partial charge is 0.305 e. The number of amides is 2. The van der Waals surface area contributed by atoms with Crippen LogP contribution in [0.3, 0.4) is 0 Å². The molecule has 0 unspecified atom stereocenters. The molecule has 1 aromatic rings. The summed E-state index contributed by atoms with van der Waals surface area (Å²) in [5.74, 6) is -2.07. The van der Waals surface area contributed by atoms with Gasteiger partial charge in [-0.2, -0.15) is 0 Å². The summed E-state index contributed by atoms with van der Waals surface area (Å²) in [6.45, 7) is -0.00881. The van der Waals surface area contributed by atoms with Gasteiger partial charge in [0.25, 0.3) is 5.91 Å². The van der Waals surface area contributed by atoms with Crippen LogP contribution in [-0.4, -0.2) is 60.6 Å². The Kier molecular flexibility index (Phi) is 9.64. The molecule has 0 radical (unpaired) electrons. The van der Waals surface area contributed by atoms with Crippen LogP contribution in [0.4, 0.5) is 0 Å². The number of hydrogen-bond acceptors (Lipinski definition) is 7. The summed E-state index contributed by atoms with van der Waals surface area (Å²) in [7, 11) is 0. The molecule has 0 bridgehead atoms. The first kappa shape index (κ1) is 24.3. The number of aliphatic carboxylic acids is 1. The number of aldehydes is 2. The number of nitrogens with one attached hydrogen (secondary N) is 4. The van der Waals surface area contributed by atoms with Crippen molar-refractivity contribution in [1.82, 2.24) is 21.3 Å². The van der Waals surface area contributed by atoms with E-state index in [9.17, 15) is 24.0 Å². The molecule has 1 aliphatic carbocycles. The summed E-state index contributed by atoms with van der Waals surface area (Å²) >= 11 is 0. The fourth-order valence-corrected chi connectivity index (χ4v) is 2.97. The lowest BCUT2D eigenvalue weighted by Gasteiger charge is -2.21. The zero-order valence-corrected chi connectivity index (χ0v) is 17.4. The van der Waals surface area contributed by atoms with Crippen LogP contribution in [0.5, 0.6) is 0 Å². The van der Waals surface area contributed by atoms with Gasteiger partial charge in [-0.25, -0.2) is 0 Å². The average molecular weight is 442 g/mol. The van der Waals surface area contributed by atoms with E-state index in [-0.39, 0.29) is 19.0 Å². The van der Waals surface area contributed by atoms with Gasteiger partial charge in [-0.1, -0.05) is 24.3 Å². The highest BCUT2D eigenvalue weighted by atomic mass is 16.4. The van der Waals surface area contributed by atoms with Crippen LogP contribution in [0, 0.1) is 0 Å². The van der Waals surface area contributed by atoms with Crippen LogP contribution in [0.25, 0.3) is 0 Å². The largest absolute Gasteiger partial charge is 0.481 e. The topological polar surface area (TPSA) is 154 Å². The van der Waals surface area contributed by atoms with Crippen LogP contribution in [0.2, 0.25) is 0 Å². The number of carbonyl (C=O) groups excluding carboxylic acids is 4. The van der Waals surface area contributed by atoms with Gasteiger partial charge in [-0.05, 0) is 31.1 Å². The van der Waals surface area contributed by atoms with Gasteiger partial charge in [0, 0.05) is 17.8 Å². The molecule has 0 spiro atoms. The van der Waals surface area contributed by atoms with E-state index in [1.54, 1.807) is 30.3 Å². The third kappa shape index (κ3) is 8.05. The van der Waals surface area contributed by atoms with Crippen LogP contribution < -0.4 is 21.3 Å². The quantitative estimate of drug-likeness (QED) is 0.265. The van der Waals surface area contributed by atoms with Crippen molar-refractivity contribution in [2.24, 2.45) is 0 Å². The maximum atomic E-state index is 12.2. The Bertz CT molecular complexity index is 897. The molecule has 2 rings (SSSR count). The van der Waals surface area contributed by atoms with E-state index in [4.69, 9.17) is 5.11 Å². The van der Waals surface area contributed by atoms with E-state index in [1.165, 1.54) is 0 Å². The van der Waals surface area contributed by atoms with Gasteiger partial charge in [-0.15, -0.1) is 0 Å². The predicted octanol–water partition coefficient (Wildman–Crippen LogP) is -0.117. The minimum absolute atomic E-state index is 0.144. The van der Waals surface area contributed by atoms with Crippen molar-refractivity contribution in [1.29, 1.82) is 0 Å². The monoisotopic (exact) mass is 442 g/mol. The highest BCUT2D eigenvalue weighted by Gasteiger charge is 2.17. The summed E-state index contributed by atoms with van der Waals surface area (Å²) in [6, 6.07) is 6.69. The highest BCUT2D eigenvalue weighted by molar-refractivity contribution is 5.95. The van der Waals surface area contributed by atoms with Crippen molar-refractivity contribution in [3.05, 3.63) is 59.4 Å². The summed E-state index contributed by atoms with van der Waals surface area (Å²) in [4.78, 5) is 57.3. The Labute approximate surface area is 185 Å². The second-order valence-corrected chi connectivity index (χ2v) is 7.06. The minimum atomic E-state index is -1.19. The number of benzene rings is 1. The third-order valence-corrected chi connectivity index (χ3v) is 4.57. The number of rotatable bonds is 13. The molecule has 2 amide bonds. The summed E-state index contributed by atoms with van der Waals surface area (Å²) < 4.78 is 0. The molecule has 0 saturated carbocycles. The van der Waals surface area contributed by atoms with Crippen LogP contribution in [-0.2, 0) is 19.2 Å². The molecule has 10 heteroatoms. The van der Waals surface area contributed by atoms with Gasteiger partial charge in [0.05, 0.1) is 24.7 Å². The van der Waals surface area contributed by atoms with E-state index in [1.807, 2.05) is 12.2 Å². The zero-order chi connectivity index (χ0) is 23.3. The lowest BCUT2D eigenvalue weighted by atomic mass is 10.1. The van der Waals surface area contributed by atoms with Crippen molar-refractivity contribution in [3.63, 3.8) is 0 Å². The molecule has 0 fully saturated rings. The minimum Gasteiger partial charge on any atom is -0.481 e. The first-order valence-corrected chi connectivity index (χ1v) is 10.1. The van der Waals surface area contributed by atoms with Crippen LogP contribution in [0.15, 0.2) is 53.9 Å². The van der Waals surface area contributed by atoms with Crippen molar-refractivity contribution < 1.29 is 29.1 Å². The fraction of sp³-hybridized carbons (Fsp3) is 0.318. The van der Waals surface area contributed by atoms with E-state index in [2.05, 4.69) is 21.3 Å². The maximum Gasteiger partial charge on any atom is 0.305 e. The first-order valence-electron chi connectivity index (χ1n) is 10.1. The van der Waals surface area contributed by atoms with Crippen LogP contribution >= 0.6 is 0 Å². The molecular weight excluding hydrogens is 416 g/mol. The molecule has 10 nitrogen and oxygen atoms in total. The van der Waals surface area contributed by atoms with Crippen LogP contribution in [0.1, 0.15) is 29.6 Å². The van der Waals surface area contributed by atoms with Crippen molar-refractivity contribution in [2.45, 2.75) is 31.3 Å². The molecule has 170 valence electrons. The predicted molar refractivity (Wildman–Crippen MR) is 115 cm³/mol. The molecule has 0 heterocycles. The molecule has 0 saturated heterocycles. The Morgan fingerprint density at radius 3 is 2.38 bits per heavy atom. The van der Waals surface area contributed by atoms with E-state index in [0.717, 1.165) is 12.1 Å². The lowest BCUT2D eigenvalue weighted by Crippen LogP contribution is -2.44. The maximum absolute atomic E-state index is 12.2. The second-order valence-electron chi connectivity index (χ2n) is 7.06. The molecule has 0 aliphatic heterocycles. The van der Waals surface area contributed by atoms with E-state index in [0.29, 0.717) is 30.3 Å². The van der Waals surface area contributed by atoms with Crippen molar-refractivity contribution >= 4 is 30.4 Å². The Hall–Kier alpha value is -3.95. The first-order chi connectivity index (χ1) is 15.4. The number of allylic oxidation sites excluding steroid dienone is 3. The SMILES string of the molecule is O=C[C@H](CC(=O)O)NC(=O)CNC1=C(NC[C@@H](C=O)NC(=O)c2ccccc2)C=CCC1. The van der Waals surface area contributed by atoms with Gasteiger partial charge in [0.15, 0.2) is 0 Å². The summed E-state index contributed by atoms with van der Waals surface area (Å²) in [5.41, 5.74) is 1.84. The molecule has 0 aromatic heterocycles. The highest BCUT2D eigenvalue weighted by Crippen LogP contribution is 2.14. The Morgan fingerprint density at radius 1 is 1.00 bits per heavy atom. The number of carboxylic acid groups (broad SMARTS) is 1. The normalized spacial score (nSPS) is 14.6. The number of carbonyl (C=O) groups is 5. The van der Waals surface area contributed by atoms with Crippen molar-refractivity contribution in [2.75, 3.05) is 13.1 Å². The lowest BCUT2D eigenvalue weighted by molar-refractivity contribution is -0.138. The molecule has 5 N–H and O–H groups in total. The molecule has 1 aliphatic rings. The fourth-order valence-electron chi connectivity index (χ4n) is 2.97.